The molecule has 0 rings (SSSR count). The molecule has 1 unspecified atom stereocenters. The van der Waals surface area contributed by atoms with E-state index in [2.05, 4.69) is 16.6 Å². The Morgan fingerprint density at radius 1 is 1.50 bits per heavy atom. The van der Waals surface area contributed by atoms with E-state index in [9.17, 15) is 9.59 Å². The van der Waals surface area contributed by atoms with Crippen LogP contribution < -0.4 is 5.32 Å². The number of rotatable bonds is 5. The lowest BCUT2D eigenvalue weighted by Crippen LogP contribution is -2.43. The van der Waals surface area contributed by atoms with Crippen LogP contribution in [-0.2, 0) is 19.1 Å². The fourth-order valence-corrected chi connectivity index (χ4v) is 0.685. The molecule has 0 heterocycles. The van der Waals surface area contributed by atoms with Gasteiger partial charge in [-0.15, -0.1) is 0 Å². The monoisotopic (exact) mass is 201 g/mol. The number of esters is 1. The smallest absolute Gasteiger partial charge is 0.356 e. The van der Waals surface area contributed by atoms with Gasteiger partial charge >= 0.3 is 5.97 Å². The van der Waals surface area contributed by atoms with Crippen LogP contribution in [0.15, 0.2) is 12.2 Å². The van der Waals surface area contributed by atoms with Gasteiger partial charge in [-0.1, -0.05) is 6.58 Å². The van der Waals surface area contributed by atoms with Crippen LogP contribution in [0.2, 0.25) is 0 Å². The molecule has 0 aromatic heterocycles. The number of hydrogen-bond donors (Lipinski definition) is 1. The summed E-state index contributed by atoms with van der Waals surface area (Å²) in [6, 6.07) is 0. The van der Waals surface area contributed by atoms with Crippen LogP contribution in [0.1, 0.15) is 13.8 Å². The minimum Gasteiger partial charge on any atom is -0.466 e. The molecular weight excluding hydrogens is 186 g/mol. The van der Waals surface area contributed by atoms with Crippen molar-refractivity contribution in [2.24, 2.45) is 0 Å². The second-order valence-corrected chi connectivity index (χ2v) is 2.61. The Hall–Kier alpha value is -1.36. The van der Waals surface area contributed by atoms with Crippen molar-refractivity contribution < 1.29 is 19.1 Å². The predicted octanol–water partition coefficient (Wildman–Crippen LogP) is 0.214. The van der Waals surface area contributed by atoms with E-state index in [0.717, 1.165) is 0 Å². The number of methoxy groups -OCH3 is 1. The number of carbonyl (C=O) groups is 2. The van der Waals surface area contributed by atoms with Gasteiger partial charge in [0, 0.05) is 12.2 Å². The van der Waals surface area contributed by atoms with Gasteiger partial charge in [0.1, 0.15) is 0 Å². The second-order valence-electron chi connectivity index (χ2n) is 2.61. The maximum absolute atomic E-state index is 11.2. The first-order chi connectivity index (χ1) is 6.52. The van der Waals surface area contributed by atoms with Crippen molar-refractivity contribution in [3.63, 3.8) is 0 Å². The molecule has 0 spiro atoms. The third-order valence-corrected chi connectivity index (χ3v) is 1.40. The van der Waals surface area contributed by atoms with E-state index in [4.69, 9.17) is 4.74 Å². The second kappa shape index (κ2) is 6.15. The van der Waals surface area contributed by atoms with Gasteiger partial charge in [-0.2, -0.15) is 0 Å². The van der Waals surface area contributed by atoms with Crippen molar-refractivity contribution in [2.75, 3.05) is 13.7 Å². The van der Waals surface area contributed by atoms with Gasteiger partial charge in [-0.05, 0) is 13.8 Å². The summed E-state index contributed by atoms with van der Waals surface area (Å²) in [5.41, 5.74) is 0.304. The van der Waals surface area contributed by atoms with E-state index in [-0.39, 0.29) is 0 Å². The molecule has 0 aromatic rings. The highest BCUT2D eigenvalue weighted by atomic mass is 16.6. The molecule has 0 radical (unpaired) electrons. The average molecular weight is 201 g/mol. The van der Waals surface area contributed by atoms with Gasteiger partial charge in [0.2, 0.25) is 12.1 Å². The molecule has 0 aliphatic rings. The summed E-state index contributed by atoms with van der Waals surface area (Å²) in [7, 11) is 1.22. The van der Waals surface area contributed by atoms with E-state index >= 15 is 0 Å². The molecular formula is C9H15NO4. The van der Waals surface area contributed by atoms with E-state index < -0.39 is 18.1 Å². The molecule has 5 nitrogen and oxygen atoms in total. The summed E-state index contributed by atoms with van der Waals surface area (Å²) in [6.45, 7) is 6.98. The molecule has 0 aromatic carbocycles. The Morgan fingerprint density at radius 2 is 2.07 bits per heavy atom. The topological polar surface area (TPSA) is 64.6 Å². The number of amides is 1. The molecule has 0 aliphatic heterocycles. The summed E-state index contributed by atoms with van der Waals surface area (Å²) in [4.78, 5) is 22.2. The first-order valence-electron chi connectivity index (χ1n) is 4.18. The van der Waals surface area contributed by atoms with Crippen LogP contribution in [0, 0.1) is 0 Å². The number of nitrogens with one attached hydrogen (secondary N) is 1. The molecule has 80 valence electrons. The number of ether oxygens (including phenoxy) is 2. The zero-order valence-electron chi connectivity index (χ0n) is 8.62. The van der Waals surface area contributed by atoms with E-state index in [0.29, 0.717) is 12.2 Å². The largest absolute Gasteiger partial charge is 0.466 e. The molecule has 1 atom stereocenters. The third-order valence-electron chi connectivity index (χ3n) is 1.40. The van der Waals surface area contributed by atoms with Crippen molar-refractivity contribution in [2.45, 2.75) is 20.1 Å². The quantitative estimate of drug-likeness (QED) is 0.392. The van der Waals surface area contributed by atoms with Crippen molar-refractivity contribution in [1.29, 1.82) is 0 Å². The maximum atomic E-state index is 11.2. The lowest BCUT2D eigenvalue weighted by atomic mass is 10.3. The molecule has 5 heteroatoms. The van der Waals surface area contributed by atoms with Crippen LogP contribution in [0.4, 0.5) is 0 Å². The Bertz CT molecular complexity index is 237. The van der Waals surface area contributed by atoms with Crippen LogP contribution in [0.3, 0.4) is 0 Å². The van der Waals surface area contributed by atoms with Gasteiger partial charge in [0.25, 0.3) is 0 Å². The van der Waals surface area contributed by atoms with Gasteiger partial charge in [-0.3, -0.25) is 4.79 Å². The minimum atomic E-state index is -1.06. The summed E-state index contributed by atoms with van der Waals surface area (Å²) in [6.07, 6.45) is -1.06. The van der Waals surface area contributed by atoms with Crippen molar-refractivity contribution in [3.05, 3.63) is 12.2 Å². The predicted molar refractivity (Wildman–Crippen MR) is 50.4 cm³/mol. The molecule has 0 fully saturated rings. The number of hydrogen-bond acceptors (Lipinski definition) is 4. The highest BCUT2D eigenvalue weighted by molar-refractivity contribution is 5.94. The molecule has 1 N–H and O–H groups in total. The van der Waals surface area contributed by atoms with Gasteiger partial charge < -0.3 is 14.8 Å². The van der Waals surface area contributed by atoms with E-state index in [1.165, 1.54) is 14.0 Å². The Kier molecular flexibility index (Phi) is 5.55. The van der Waals surface area contributed by atoms with Crippen LogP contribution in [0.25, 0.3) is 0 Å². The fraction of sp³-hybridized carbons (Fsp3) is 0.556. The zero-order chi connectivity index (χ0) is 11.1. The van der Waals surface area contributed by atoms with Crippen molar-refractivity contribution >= 4 is 11.9 Å². The van der Waals surface area contributed by atoms with E-state index in [1.54, 1.807) is 6.92 Å². The van der Waals surface area contributed by atoms with E-state index in [1.807, 2.05) is 0 Å². The Labute approximate surface area is 83.1 Å². The summed E-state index contributed by atoms with van der Waals surface area (Å²) < 4.78 is 9.41. The molecule has 0 saturated carbocycles. The van der Waals surface area contributed by atoms with Gasteiger partial charge in [0.05, 0.1) is 7.11 Å². The first-order valence-corrected chi connectivity index (χ1v) is 4.18. The minimum absolute atomic E-state index is 0.302. The normalized spacial score (nSPS) is 11.6. The van der Waals surface area contributed by atoms with Crippen molar-refractivity contribution in [1.82, 2.24) is 5.32 Å². The maximum Gasteiger partial charge on any atom is 0.356 e. The van der Waals surface area contributed by atoms with Crippen LogP contribution in [0.5, 0.6) is 0 Å². The lowest BCUT2D eigenvalue weighted by Gasteiger charge is -2.15. The molecule has 14 heavy (non-hydrogen) atoms. The first kappa shape index (κ1) is 12.6. The highest BCUT2D eigenvalue weighted by Crippen LogP contribution is 1.94. The molecule has 1 amide bonds. The SMILES string of the molecule is C=C(C)C(=O)NC(OCC)C(=O)OC. The van der Waals surface area contributed by atoms with Gasteiger partial charge in [0.15, 0.2) is 0 Å². The summed E-state index contributed by atoms with van der Waals surface area (Å²) in [5, 5.41) is 2.33. The fourth-order valence-electron chi connectivity index (χ4n) is 0.685. The Balaban J connectivity index is 4.29. The highest BCUT2D eigenvalue weighted by Gasteiger charge is 2.21. The van der Waals surface area contributed by atoms with Crippen LogP contribution >= 0.6 is 0 Å². The summed E-state index contributed by atoms with van der Waals surface area (Å²) in [5.74, 6) is -1.07. The third kappa shape index (κ3) is 4.04. The average Bonchev–Trinajstić information content (AvgIpc) is 2.15. The lowest BCUT2D eigenvalue weighted by molar-refractivity contribution is -0.158. The zero-order valence-corrected chi connectivity index (χ0v) is 8.62. The molecule has 0 saturated heterocycles. The number of carbonyl (C=O) groups excluding carboxylic acids is 2. The molecule has 0 bridgehead atoms. The Morgan fingerprint density at radius 3 is 2.43 bits per heavy atom. The van der Waals surface area contributed by atoms with Gasteiger partial charge in [-0.25, -0.2) is 4.79 Å². The van der Waals surface area contributed by atoms with Crippen molar-refractivity contribution in [3.8, 4) is 0 Å². The summed E-state index contributed by atoms with van der Waals surface area (Å²) >= 11 is 0. The van der Waals surface area contributed by atoms with Crippen LogP contribution in [-0.4, -0.2) is 31.8 Å². The molecule has 0 aliphatic carbocycles. The standard InChI is InChI=1S/C9H15NO4/c1-5-14-8(9(12)13-4)10-7(11)6(2)3/h8H,2,5H2,1,3-4H3,(H,10,11).